The van der Waals surface area contributed by atoms with Crippen molar-refractivity contribution in [2.75, 3.05) is 36.2 Å². The summed E-state index contributed by atoms with van der Waals surface area (Å²) < 4.78 is 10.3. The molecule has 0 aliphatic heterocycles. The molecule has 0 atom stereocenters. The van der Waals surface area contributed by atoms with Gasteiger partial charge >= 0.3 is 11.9 Å². The number of carbonyl (C=O) groups excluding carboxylic acids is 2. The number of carbonyl (C=O) groups is 2. The van der Waals surface area contributed by atoms with E-state index in [1.807, 2.05) is 11.8 Å². The zero-order chi connectivity index (χ0) is 23.7. The SMILES string of the molecule is Cc1ccc(CCSCCCC(=O)OCCOC(=O)CCSCCc2ccc(C)cc2)cc1.O. The van der Waals surface area contributed by atoms with Gasteiger partial charge in [-0.1, -0.05) is 59.7 Å². The molecule has 0 radical (unpaired) electrons. The van der Waals surface area contributed by atoms with Gasteiger partial charge in [0.2, 0.25) is 0 Å². The van der Waals surface area contributed by atoms with E-state index in [1.165, 1.54) is 22.3 Å². The van der Waals surface area contributed by atoms with Gasteiger partial charge in [-0.2, -0.15) is 23.5 Å². The molecule has 2 rings (SSSR count). The Morgan fingerprint density at radius 2 is 1.09 bits per heavy atom. The van der Waals surface area contributed by atoms with Crippen molar-refractivity contribution >= 4 is 35.5 Å². The fourth-order valence-electron chi connectivity index (χ4n) is 3.02. The number of ether oxygens (including phenoxy) is 2. The van der Waals surface area contributed by atoms with Crippen molar-refractivity contribution < 1.29 is 24.5 Å². The monoisotopic (exact) mass is 506 g/mol. The Balaban J connectivity index is 0.00000578. The van der Waals surface area contributed by atoms with Crippen molar-refractivity contribution in [3.05, 3.63) is 70.8 Å². The topological polar surface area (TPSA) is 84.1 Å². The van der Waals surface area contributed by atoms with E-state index in [9.17, 15) is 9.59 Å². The number of thioether (sulfide) groups is 2. The highest BCUT2D eigenvalue weighted by molar-refractivity contribution is 7.99. The maximum absolute atomic E-state index is 11.8. The molecule has 0 saturated carbocycles. The summed E-state index contributed by atoms with van der Waals surface area (Å²) in [5.74, 6) is 3.26. The van der Waals surface area contributed by atoms with Crippen LogP contribution in [0.4, 0.5) is 0 Å². The van der Waals surface area contributed by atoms with Crippen LogP contribution in [-0.2, 0) is 31.9 Å². The van der Waals surface area contributed by atoms with E-state index in [2.05, 4.69) is 62.4 Å². The summed E-state index contributed by atoms with van der Waals surface area (Å²) in [7, 11) is 0. The lowest BCUT2D eigenvalue weighted by Gasteiger charge is -2.07. The first-order valence-corrected chi connectivity index (χ1v) is 13.9. The van der Waals surface area contributed by atoms with Gasteiger partial charge in [-0.3, -0.25) is 9.59 Å². The zero-order valence-corrected chi connectivity index (χ0v) is 22.0. The lowest BCUT2D eigenvalue weighted by molar-refractivity contribution is -0.152. The molecule has 0 aliphatic carbocycles. The van der Waals surface area contributed by atoms with Gasteiger partial charge in [-0.15, -0.1) is 0 Å². The van der Waals surface area contributed by atoms with Crippen molar-refractivity contribution in [1.82, 2.24) is 0 Å². The van der Waals surface area contributed by atoms with Crippen LogP contribution in [0.2, 0.25) is 0 Å². The Labute approximate surface area is 212 Å². The van der Waals surface area contributed by atoms with Crippen molar-refractivity contribution in [3.63, 3.8) is 0 Å². The fourth-order valence-corrected chi connectivity index (χ4v) is 4.85. The molecule has 0 aromatic heterocycles. The molecule has 2 N–H and O–H groups in total. The third-order valence-corrected chi connectivity index (χ3v) is 7.10. The van der Waals surface area contributed by atoms with Gasteiger partial charge < -0.3 is 14.9 Å². The van der Waals surface area contributed by atoms with Crippen LogP contribution in [-0.4, -0.2) is 53.6 Å². The van der Waals surface area contributed by atoms with Crippen molar-refractivity contribution in [1.29, 1.82) is 0 Å². The smallest absolute Gasteiger partial charge is 0.306 e. The minimum Gasteiger partial charge on any atom is -0.462 e. The van der Waals surface area contributed by atoms with Gasteiger partial charge in [-0.25, -0.2) is 0 Å². The molecule has 0 amide bonds. The summed E-state index contributed by atoms with van der Waals surface area (Å²) in [4.78, 5) is 23.5. The van der Waals surface area contributed by atoms with Crippen LogP contribution in [0, 0.1) is 13.8 Å². The second-order valence-corrected chi connectivity index (χ2v) is 10.4. The predicted octanol–water partition coefficient (Wildman–Crippen LogP) is 4.99. The molecular weight excluding hydrogens is 468 g/mol. The Kier molecular flexibility index (Phi) is 16.3. The van der Waals surface area contributed by atoms with Crippen LogP contribution < -0.4 is 0 Å². The highest BCUT2D eigenvalue weighted by Crippen LogP contribution is 2.11. The second kappa shape index (κ2) is 18.4. The largest absolute Gasteiger partial charge is 0.462 e. The predicted molar refractivity (Wildman–Crippen MR) is 144 cm³/mol. The van der Waals surface area contributed by atoms with Crippen LogP contribution in [0.5, 0.6) is 0 Å². The van der Waals surface area contributed by atoms with E-state index in [0.29, 0.717) is 12.8 Å². The van der Waals surface area contributed by atoms with E-state index >= 15 is 0 Å². The van der Waals surface area contributed by atoms with Crippen LogP contribution in [0.1, 0.15) is 41.5 Å². The molecule has 0 unspecified atom stereocenters. The van der Waals surface area contributed by atoms with E-state index < -0.39 is 0 Å². The summed E-state index contributed by atoms with van der Waals surface area (Å²) in [6, 6.07) is 17.2. The van der Waals surface area contributed by atoms with E-state index in [1.54, 1.807) is 11.8 Å². The molecule has 188 valence electrons. The maximum Gasteiger partial charge on any atom is 0.306 e. The average Bonchev–Trinajstić information content (AvgIpc) is 2.81. The van der Waals surface area contributed by atoms with Gasteiger partial charge in [0.1, 0.15) is 13.2 Å². The molecule has 0 aliphatic rings. The number of esters is 2. The van der Waals surface area contributed by atoms with E-state index in [-0.39, 0.29) is 30.6 Å². The van der Waals surface area contributed by atoms with Crippen LogP contribution in [0.15, 0.2) is 48.5 Å². The average molecular weight is 507 g/mol. The van der Waals surface area contributed by atoms with Gasteiger partial charge in [-0.05, 0) is 61.5 Å². The number of hydrogen-bond donors (Lipinski definition) is 0. The molecule has 0 heterocycles. The Bertz CT molecular complexity index is 822. The Morgan fingerprint density at radius 3 is 1.59 bits per heavy atom. The number of benzene rings is 2. The maximum atomic E-state index is 11.8. The molecule has 5 nitrogen and oxygen atoms in total. The molecule has 7 heteroatoms. The van der Waals surface area contributed by atoms with Crippen molar-refractivity contribution in [2.24, 2.45) is 0 Å². The van der Waals surface area contributed by atoms with Crippen LogP contribution in [0.3, 0.4) is 0 Å². The molecule has 2 aromatic carbocycles. The molecule has 0 fully saturated rings. The standard InChI is InChI=1S/C27H36O4S2.H2O/c1-22-5-9-24(10-6-22)13-19-32-18-3-4-26(28)30-16-17-31-27(29)15-21-33-20-14-25-11-7-23(2)8-12-25;/h5-12H,3-4,13-21H2,1-2H3;1H2. The molecular formula is C27H38O5S2. The minimum atomic E-state index is -0.237. The third-order valence-electron chi connectivity index (χ3n) is 5.04. The quantitative estimate of drug-likeness (QED) is 0.236. The highest BCUT2D eigenvalue weighted by atomic mass is 32.2. The van der Waals surface area contributed by atoms with Crippen LogP contribution in [0.25, 0.3) is 0 Å². The first kappa shape index (κ1) is 30.1. The van der Waals surface area contributed by atoms with Crippen molar-refractivity contribution in [2.45, 2.75) is 46.0 Å². The molecule has 0 saturated heterocycles. The first-order valence-electron chi connectivity index (χ1n) is 11.6. The van der Waals surface area contributed by atoms with Gasteiger partial charge in [0.25, 0.3) is 0 Å². The lowest BCUT2D eigenvalue weighted by Crippen LogP contribution is -2.14. The third kappa shape index (κ3) is 14.3. The fraction of sp³-hybridized carbons (Fsp3) is 0.481. The molecule has 2 aromatic rings. The minimum absolute atomic E-state index is 0. The van der Waals surface area contributed by atoms with E-state index in [0.717, 1.165) is 42.3 Å². The summed E-state index contributed by atoms with van der Waals surface area (Å²) in [6.45, 7) is 4.44. The van der Waals surface area contributed by atoms with Gasteiger partial charge in [0.05, 0.1) is 6.42 Å². The number of aryl methyl sites for hydroxylation is 4. The van der Waals surface area contributed by atoms with Crippen molar-refractivity contribution in [3.8, 4) is 0 Å². The Hall–Kier alpha value is -1.96. The molecule has 0 spiro atoms. The molecule has 0 bridgehead atoms. The normalized spacial score (nSPS) is 10.4. The summed E-state index contributed by atoms with van der Waals surface area (Å²) in [6.07, 6.45) is 3.64. The van der Waals surface area contributed by atoms with Gasteiger partial charge in [0.15, 0.2) is 0 Å². The summed E-state index contributed by atoms with van der Waals surface area (Å²) in [5, 5.41) is 0. The highest BCUT2D eigenvalue weighted by Gasteiger charge is 2.06. The van der Waals surface area contributed by atoms with E-state index in [4.69, 9.17) is 9.47 Å². The zero-order valence-electron chi connectivity index (χ0n) is 20.3. The number of hydrogen-bond acceptors (Lipinski definition) is 6. The Morgan fingerprint density at radius 1 is 0.647 bits per heavy atom. The lowest BCUT2D eigenvalue weighted by atomic mass is 10.1. The summed E-state index contributed by atoms with van der Waals surface area (Å²) in [5.41, 5.74) is 5.22. The first-order chi connectivity index (χ1) is 16.0. The second-order valence-electron chi connectivity index (χ2n) is 7.99. The van der Waals surface area contributed by atoms with Gasteiger partial charge in [0, 0.05) is 12.2 Å². The number of rotatable bonds is 16. The summed E-state index contributed by atoms with van der Waals surface area (Å²) >= 11 is 3.61. The molecule has 34 heavy (non-hydrogen) atoms. The van der Waals surface area contributed by atoms with Crippen LogP contribution >= 0.6 is 23.5 Å².